The Balaban J connectivity index is 1.02. The number of para-hydroxylation sites is 2. The number of amides is 2. The molecule has 3 heterocycles. The zero-order valence-electron chi connectivity index (χ0n) is 28.2. The first-order valence-corrected chi connectivity index (χ1v) is 19.2. The molecule has 0 radical (unpaired) electrons. The second-order valence-corrected chi connectivity index (χ2v) is 16.3. The molecule has 3 aromatic carbocycles. The first-order chi connectivity index (χ1) is 23.1. The Morgan fingerprint density at radius 1 is 0.979 bits per heavy atom. The standard InChI is InChI=1S/C39H45N5O3S/c1-5-37(45)41-48(4,47)32-17-15-29(16-18-32)38(46)42-22-19-39(20-23-42,30-11-7-6-8-12-30)21-24-43-27(2)33-25-31(26-36(33)43)44-28(3)40-34-13-9-10-14-35(34)44/h6-18,31,33,36H,2,5,19-26H2,1,3-4H3/p+1. The maximum atomic E-state index is 13.6. The first-order valence-electron chi connectivity index (χ1n) is 17.2. The molecule has 48 heavy (non-hydrogen) atoms. The van der Waals surface area contributed by atoms with E-state index >= 15 is 0 Å². The van der Waals surface area contributed by atoms with Gasteiger partial charge in [0.1, 0.15) is 12.1 Å². The number of benzene rings is 3. The van der Waals surface area contributed by atoms with Crippen molar-refractivity contribution >= 4 is 33.0 Å². The number of imidazole rings is 1. The summed E-state index contributed by atoms with van der Waals surface area (Å²) in [6.07, 6.45) is 6.82. The van der Waals surface area contributed by atoms with Gasteiger partial charge in [0.25, 0.3) is 11.8 Å². The van der Waals surface area contributed by atoms with Gasteiger partial charge in [0.15, 0.2) is 4.90 Å². The van der Waals surface area contributed by atoms with Gasteiger partial charge in [-0.15, -0.1) is 0 Å². The van der Waals surface area contributed by atoms with E-state index in [1.165, 1.54) is 23.0 Å². The Bertz CT molecular complexity index is 1890. The number of carbonyl (C=O) groups excluding carboxylic acids is 2. The van der Waals surface area contributed by atoms with E-state index in [4.69, 9.17) is 4.98 Å². The molecule has 2 amide bonds. The Hall–Kier alpha value is -4.24. The van der Waals surface area contributed by atoms with Crippen LogP contribution in [0.25, 0.3) is 11.0 Å². The lowest BCUT2D eigenvalue weighted by molar-refractivity contribution is -0.119. The van der Waals surface area contributed by atoms with Gasteiger partial charge in [-0.3, -0.25) is 9.59 Å². The molecule has 0 bridgehead atoms. The number of nitrogens with zero attached hydrogens (tertiary/aromatic N) is 4. The van der Waals surface area contributed by atoms with E-state index in [1.54, 1.807) is 31.2 Å². The zero-order valence-corrected chi connectivity index (χ0v) is 29.0. The lowest BCUT2D eigenvalue weighted by atomic mass is 9.70. The van der Waals surface area contributed by atoms with Crippen LogP contribution >= 0.6 is 0 Å². The van der Waals surface area contributed by atoms with Gasteiger partial charge in [0.05, 0.1) is 11.0 Å². The summed E-state index contributed by atoms with van der Waals surface area (Å²) in [7, 11) is -2.72. The molecule has 4 atom stereocenters. The fourth-order valence-electron chi connectivity index (χ4n) is 8.52. The van der Waals surface area contributed by atoms with Crippen LogP contribution in [0.4, 0.5) is 0 Å². The highest BCUT2D eigenvalue weighted by Gasteiger charge is 2.50. The number of aromatic nitrogens is 2. The summed E-state index contributed by atoms with van der Waals surface area (Å²) < 4.78 is 18.1. The molecule has 3 aliphatic rings. The Labute approximate surface area is 284 Å². The average molecular weight is 665 g/mol. The molecule has 4 aromatic rings. The van der Waals surface area contributed by atoms with Gasteiger partial charge in [-0.1, -0.05) is 60.2 Å². The largest absolute Gasteiger partial charge is 0.371 e. The van der Waals surface area contributed by atoms with Gasteiger partial charge in [0, 0.05) is 60.7 Å². The molecule has 1 aliphatic carbocycles. The lowest BCUT2D eigenvalue weighted by Gasteiger charge is -2.51. The average Bonchev–Trinajstić information content (AvgIpc) is 3.65. The van der Waals surface area contributed by atoms with Gasteiger partial charge in [-0.05, 0) is 81.0 Å². The second-order valence-electron chi connectivity index (χ2n) is 13.9. The summed E-state index contributed by atoms with van der Waals surface area (Å²) in [5.74, 6) is 1.34. The molecule has 9 heteroatoms. The number of rotatable bonds is 9. The normalized spacial score (nSPS) is 23.0. The molecule has 3 fully saturated rings. The number of hydrogen-bond acceptors (Lipinski definition) is 5. The zero-order chi connectivity index (χ0) is 33.6. The molecule has 1 saturated carbocycles. The smallest absolute Gasteiger partial charge is 0.260 e. The van der Waals surface area contributed by atoms with Gasteiger partial charge >= 0.3 is 0 Å². The van der Waals surface area contributed by atoms with E-state index in [0.29, 0.717) is 41.6 Å². The van der Waals surface area contributed by atoms with Crippen molar-refractivity contribution < 1.29 is 13.8 Å². The number of aryl methyl sites for hydroxylation is 1. The number of likely N-dealkylation sites (tertiary alicyclic amines) is 2. The van der Waals surface area contributed by atoms with Crippen LogP contribution < -0.4 is 4.72 Å². The number of hydrogen-bond donors (Lipinski definition) is 1. The number of piperidine rings is 1. The van der Waals surface area contributed by atoms with Crippen LogP contribution in [-0.2, 0) is 24.5 Å². The molecule has 8 nitrogen and oxygen atoms in total. The second kappa shape index (κ2) is 12.7. The third-order valence-electron chi connectivity index (χ3n) is 11.2. The van der Waals surface area contributed by atoms with Gasteiger partial charge in [-0.2, -0.15) is 4.72 Å². The SMILES string of the molecule is C=C1C2CC(n3c(C)nc4ccccc43)CC2N1CCC1(c2ccccc2)CCN(C(=O)c2ccc([S+](C)(=O)NC(=O)CC)cc2)CC1. The summed E-state index contributed by atoms with van der Waals surface area (Å²) in [6, 6.07) is 27.1. The van der Waals surface area contributed by atoms with Crippen molar-refractivity contribution in [3.63, 3.8) is 0 Å². The Morgan fingerprint density at radius 2 is 1.67 bits per heavy atom. The first kappa shape index (κ1) is 32.3. The van der Waals surface area contributed by atoms with E-state index < -0.39 is 10.1 Å². The van der Waals surface area contributed by atoms with Crippen LogP contribution in [0.1, 0.15) is 73.2 Å². The van der Waals surface area contributed by atoms with Crippen LogP contribution in [0.5, 0.6) is 0 Å². The molecule has 250 valence electrons. The van der Waals surface area contributed by atoms with Crippen molar-refractivity contribution in [2.24, 2.45) is 5.92 Å². The Morgan fingerprint density at radius 3 is 2.38 bits per heavy atom. The molecular formula is C39H46N5O3S+. The van der Waals surface area contributed by atoms with E-state index in [-0.39, 0.29) is 23.7 Å². The molecule has 0 spiro atoms. The number of carbonyl (C=O) groups is 2. The topological polar surface area (TPSA) is 87.5 Å². The predicted molar refractivity (Wildman–Crippen MR) is 191 cm³/mol. The maximum Gasteiger partial charge on any atom is 0.260 e. The van der Waals surface area contributed by atoms with Crippen LogP contribution in [0.15, 0.2) is 96.0 Å². The highest BCUT2D eigenvalue weighted by molar-refractivity contribution is 8.01. The van der Waals surface area contributed by atoms with Gasteiger partial charge < -0.3 is 14.4 Å². The molecule has 4 unspecified atom stereocenters. The van der Waals surface area contributed by atoms with E-state index in [9.17, 15) is 13.8 Å². The van der Waals surface area contributed by atoms with Crippen molar-refractivity contribution in [1.29, 1.82) is 0 Å². The highest BCUT2D eigenvalue weighted by atomic mass is 32.3. The number of nitrogens with one attached hydrogen (secondary N) is 1. The molecule has 2 aliphatic heterocycles. The van der Waals surface area contributed by atoms with Crippen LogP contribution in [0, 0.1) is 12.8 Å². The molecule has 7 rings (SSSR count). The summed E-state index contributed by atoms with van der Waals surface area (Å²) in [4.78, 5) is 35.3. The fraction of sp³-hybridized carbons (Fsp3) is 0.410. The minimum Gasteiger partial charge on any atom is -0.371 e. The van der Waals surface area contributed by atoms with Crippen molar-refractivity contribution in [1.82, 2.24) is 24.1 Å². The third kappa shape index (κ3) is 5.76. The lowest BCUT2D eigenvalue weighted by Crippen LogP contribution is -2.53. The van der Waals surface area contributed by atoms with Gasteiger partial charge in [-0.25, -0.2) is 4.98 Å². The summed E-state index contributed by atoms with van der Waals surface area (Å²) in [5, 5.41) is 0. The molecule has 2 saturated heterocycles. The molecule has 1 N–H and O–H groups in total. The monoisotopic (exact) mass is 664 g/mol. The summed E-state index contributed by atoms with van der Waals surface area (Å²) in [6.45, 7) is 10.7. The van der Waals surface area contributed by atoms with Gasteiger partial charge in [0.2, 0.25) is 10.1 Å². The van der Waals surface area contributed by atoms with Crippen molar-refractivity contribution in [3.8, 4) is 0 Å². The molecule has 1 aromatic heterocycles. The Kier molecular flexibility index (Phi) is 8.52. The van der Waals surface area contributed by atoms with E-state index in [1.807, 2.05) is 4.90 Å². The van der Waals surface area contributed by atoms with Crippen LogP contribution in [-0.4, -0.2) is 63.1 Å². The van der Waals surface area contributed by atoms with Crippen molar-refractivity contribution in [3.05, 3.63) is 108 Å². The summed E-state index contributed by atoms with van der Waals surface area (Å²) >= 11 is 0. The molecular weight excluding hydrogens is 619 g/mol. The number of fused-ring (bicyclic) bond motifs is 2. The van der Waals surface area contributed by atoms with Crippen molar-refractivity contribution in [2.45, 2.75) is 74.8 Å². The fourth-order valence-corrected chi connectivity index (χ4v) is 9.87. The third-order valence-corrected chi connectivity index (χ3v) is 13.0. The van der Waals surface area contributed by atoms with Crippen molar-refractivity contribution in [2.75, 3.05) is 25.9 Å². The van der Waals surface area contributed by atoms with Crippen LogP contribution in [0.3, 0.4) is 0 Å². The van der Waals surface area contributed by atoms with E-state index in [2.05, 4.69) is 82.3 Å². The summed E-state index contributed by atoms with van der Waals surface area (Å²) in [5.41, 5.74) is 5.47. The minimum atomic E-state index is -2.72. The quantitative estimate of drug-likeness (QED) is 0.202. The minimum absolute atomic E-state index is 0.0123. The maximum absolute atomic E-state index is 13.6. The highest BCUT2D eigenvalue weighted by Crippen LogP contribution is 2.52. The van der Waals surface area contributed by atoms with Crippen LogP contribution in [0.2, 0.25) is 0 Å². The predicted octanol–water partition coefficient (Wildman–Crippen LogP) is 6.69. The van der Waals surface area contributed by atoms with E-state index in [0.717, 1.165) is 50.0 Å².